The van der Waals surface area contributed by atoms with E-state index in [1.807, 2.05) is 4.90 Å². The van der Waals surface area contributed by atoms with E-state index in [1.165, 1.54) is 0 Å². The SMILES string of the molecule is CCCN(C(=O)CCCC(=O)N(C)C)C1CCNC1. The molecule has 1 N–H and O–H groups in total. The fourth-order valence-electron chi connectivity index (χ4n) is 2.42. The lowest BCUT2D eigenvalue weighted by atomic mass is 10.1. The minimum atomic E-state index is 0.0948. The molecule has 0 aromatic heterocycles. The lowest BCUT2D eigenvalue weighted by Crippen LogP contribution is -2.42. The molecule has 1 saturated heterocycles. The van der Waals surface area contributed by atoms with Crippen LogP contribution in [0.15, 0.2) is 0 Å². The molecule has 0 aliphatic carbocycles. The molecule has 1 aliphatic rings. The molecule has 0 aromatic carbocycles. The number of carbonyl (C=O) groups is 2. The molecule has 0 radical (unpaired) electrons. The molecule has 1 aliphatic heterocycles. The Morgan fingerprint density at radius 1 is 1.21 bits per heavy atom. The molecular formula is C14H27N3O2. The van der Waals surface area contributed by atoms with Gasteiger partial charge in [-0.25, -0.2) is 0 Å². The van der Waals surface area contributed by atoms with E-state index in [-0.39, 0.29) is 11.8 Å². The molecule has 5 nitrogen and oxygen atoms in total. The molecule has 1 rings (SSSR count). The summed E-state index contributed by atoms with van der Waals surface area (Å²) in [7, 11) is 3.50. The molecule has 2 amide bonds. The summed E-state index contributed by atoms with van der Waals surface area (Å²) in [4.78, 5) is 27.3. The van der Waals surface area contributed by atoms with Crippen molar-refractivity contribution >= 4 is 11.8 Å². The minimum absolute atomic E-state index is 0.0948. The Hall–Kier alpha value is -1.10. The second-order valence-electron chi connectivity index (χ2n) is 5.38. The second-order valence-corrected chi connectivity index (χ2v) is 5.38. The van der Waals surface area contributed by atoms with Gasteiger partial charge in [-0.2, -0.15) is 0 Å². The molecule has 1 unspecified atom stereocenters. The van der Waals surface area contributed by atoms with E-state index < -0.39 is 0 Å². The highest BCUT2D eigenvalue weighted by atomic mass is 16.2. The molecule has 110 valence electrons. The Morgan fingerprint density at radius 2 is 1.89 bits per heavy atom. The lowest BCUT2D eigenvalue weighted by molar-refractivity contribution is -0.133. The van der Waals surface area contributed by atoms with Crippen LogP contribution in [0.2, 0.25) is 0 Å². The lowest BCUT2D eigenvalue weighted by Gasteiger charge is -2.28. The van der Waals surface area contributed by atoms with Gasteiger partial charge in [0.1, 0.15) is 0 Å². The van der Waals surface area contributed by atoms with Gasteiger partial charge in [-0.1, -0.05) is 6.92 Å². The Kier molecular flexibility index (Phi) is 6.84. The summed E-state index contributed by atoms with van der Waals surface area (Å²) < 4.78 is 0. The van der Waals surface area contributed by atoms with Crippen LogP contribution in [0.5, 0.6) is 0 Å². The van der Waals surface area contributed by atoms with Crippen molar-refractivity contribution in [2.75, 3.05) is 33.7 Å². The van der Waals surface area contributed by atoms with Crippen molar-refractivity contribution in [3.63, 3.8) is 0 Å². The van der Waals surface area contributed by atoms with Crippen molar-refractivity contribution in [2.24, 2.45) is 0 Å². The summed E-state index contributed by atoms with van der Waals surface area (Å²) >= 11 is 0. The predicted octanol–water partition coefficient (Wildman–Crippen LogP) is 0.845. The molecule has 0 aromatic rings. The van der Waals surface area contributed by atoms with Gasteiger partial charge in [-0.3, -0.25) is 9.59 Å². The standard InChI is InChI=1S/C14H27N3O2/c1-4-10-17(12-8-9-15-11-12)14(19)7-5-6-13(18)16(2)3/h12,15H,4-11H2,1-3H3. The number of nitrogens with one attached hydrogen (secondary N) is 1. The number of hydrogen-bond acceptors (Lipinski definition) is 3. The minimum Gasteiger partial charge on any atom is -0.349 e. The number of rotatable bonds is 7. The Balaban J connectivity index is 2.37. The van der Waals surface area contributed by atoms with Gasteiger partial charge in [-0.05, 0) is 25.8 Å². The van der Waals surface area contributed by atoms with Crippen molar-refractivity contribution in [3.8, 4) is 0 Å². The van der Waals surface area contributed by atoms with Gasteiger partial charge in [0.2, 0.25) is 11.8 Å². The highest BCUT2D eigenvalue weighted by Crippen LogP contribution is 2.12. The third-order valence-corrected chi connectivity index (χ3v) is 3.54. The molecule has 0 bridgehead atoms. The van der Waals surface area contributed by atoms with Crippen LogP contribution >= 0.6 is 0 Å². The quantitative estimate of drug-likeness (QED) is 0.745. The summed E-state index contributed by atoms with van der Waals surface area (Å²) in [5.41, 5.74) is 0. The maximum absolute atomic E-state index is 12.2. The van der Waals surface area contributed by atoms with Gasteiger partial charge >= 0.3 is 0 Å². The second kappa shape index (κ2) is 8.15. The van der Waals surface area contributed by atoms with Gasteiger partial charge in [0.25, 0.3) is 0 Å². The number of nitrogens with zero attached hydrogens (tertiary/aromatic N) is 2. The molecule has 0 spiro atoms. The van der Waals surface area contributed by atoms with Crippen molar-refractivity contribution in [3.05, 3.63) is 0 Å². The molecule has 1 atom stereocenters. The van der Waals surface area contributed by atoms with E-state index in [0.29, 0.717) is 25.3 Å². The number of amides is 2. The molecular weight excluding hydrogens is 242 g/mol. The van der Waals surface area contributed by atoms with Gasteiger partial charge in [0, 0.05) is 46.1 Å². The van der Waals surface area contributed by atoms with Crippen molar-refractivity contribution in [1.29, 1.82) is 0 Å². The van der Waals surface area contributed by atoms with Crippen molar-refractivity contribution in [2.45, 2.75) is 45.1 Å². The van der Waals surface area contributed by atoms with Crippen LogP contribution in [-0.4, -0.2) is 61.4 Å². The zero-order valence-corrected chi connectivity index (χ0v) is 12.4. The summed E-state index contributed by atoms with van der Waals surface area (Å²) in [6.07, 6.45) is 3.62. The molecule has 0 saturated carbocycles. The fourth-order valence-corrected chi connectivity index (χ4v) is 2.42. The molecule has 1 heterocycles. The van der Waals surface area contributed by atoms with Crippen LogP contribution in [0.4, 0.5) is 0 Å². The van der Waals surface area contributed by atoms with E-state index in [2.05, 4.69) is 12.2 Å². The monoisotopic (exact) mass is 269 g/mol. The van der Waals surface area contributed by atoms with Crippen LogP contribution in [0.3, 0.4) is 0 Å². The van der Waals surface area contributed by atoms with Crippen LogP contribution in [0.1, 0.15) is 39.0 Å². The first-order valence-electron chi connectivity index (χ1n) is 7.26. The first-order valence-corrected chi connectivity index (χ1v) is 7.26. The highest BCUT2D eigenvalue weighted by molar-refractivity contribution is 5.79. The van der Waals surface area contributed by atoms with E-state index in [4.69, 9.17) is 0 Å². The van der Waals surface area contributed by atoms with Crippen molar-refractivity contribution in [1.82, 2.24) is 15.1 Å². The summed E-state index contributed by atoms with van der Waals surface area (Å²) in [6.45, 7) is 4.82. The van der Waals surface area contributed by atoms with Gasteiger partial charge in [0.05, 0.1) is 0 Å². The van der Waals surface area contributed by atoms with E-state index in [1.54, 1.807) is 19.0 Å². The van der Waals surface area contributed by atoms with Crippen LogP contribution in [-0.2, 0) is 9.59 Å². The summed E-state index contributed by atoms with van der Waals surface area (Å²) in [5, 5.41) is 3.30. The Labute approximate surface area is 116 Å². The van der Waals surface area contributed by atoms with Crippen LogP contribution < -0.4 is 5.32 Å². The van der Waals surface area contributed by atoms with Gasteiger partial charge in [-0.15, -0.1) is 0 Å². The Morgan fingerprint density at radius 3 is 2.42 bits per heavy atom. The normalized spacial score (nSPS) is 18.4. The van der Waals surface area contributed by atoms with Crippen molar-refractivity contribution < 1.29 is 9.59 Å². The number of carbonyl (C=O) groups excluding carboxylic acids is 2. The third kappa shape index (κ3) is 5.19. The van der Waals surface area contributed by atoms with E-state index in [9.17, 15) is 9.59 Å². The largest absolute Gasteiger partial charge is 0.349 e. The van der Waals surface area contributed by atoms with Crippen LogP contribution in [0, 0.1) is 0 Å². The first-order chi connectivity index (χ1) is 9.06. The maximum atomic E-state index is 12.2. The zero-order chi connectivity index (χ0) is 14.3. The summed E-state index contributed by atoms with van der Waals surface area (Å²) in [5.74, 6) is 0.291. The molecule has 5 heteroatoms. The summed E-state index contributed by atoms with van der Waals surface area (Å²) in [6, 6.07) is 0.344. The van der Waals surface area contributed by atoms with Crippen LogP contribution in [0.25, 0.3) is 0 Å². The first kappa shape index (κ1) is 16.0. The Bertz CT molecular complexity index is 299. The molecule has 1 fully saturated rings. The van der Waals surface area contributed by atoms with Gasteiger partial charge < -0.3 is 15.1 Å². The van der Waals surface area contributed by atoms with Gasteiger partial charge in [0.15, 0.2) is 0 Å². The third-order valence-electron chi connectivity index (χ3n) is 3.54. The number of hydrogen-bond donors (Lipinski definition) is 1. The molecule has 19 heavy (non-hydrogen) atoms. The predicted molar refractivity (Wildman–Crippen MR) is 75.8 cm³/mol. The maximum Gasteiger partial charge on any atom is 0.222 e. The zero-order valence-electron chi connectivity index (χ0n) is 12.4. The average molecular weight is 269 g/mol. The fraction of sp³-hybridized carbons (Fsp3) is 0.857. The van der Waals surface area contributed by atoms with E-state index in [0.717, 1.165) is 32.5 Å². The topological polar surface area (TPSA) is 52.7 Å². The average Bonchev–Trinajstić information content (AvgIpc) is 2.88. The highest BCUT2D eigenvalue weighted by Gasteiger charge is 2.25. The smallest absolute Gasteiger partial charge is 0.222 e. The van der Waals surface area contributed by atoms with E-state index >= 15 is 0 Å².